The maximum absolute atomic E-state index is 16.0. The van der Waals surface area contributed by atoms with Gasteiger partial charge in [0.05, 0.1) is 33.5 Å². The summed E-state index contributed by atoms with van der Waals surface area (Å²) >= 11 is 7.32. The van der Waals surface area contributed by atoms with Crippen molar-refractivity contribution in [3.05, 3.63) is 40.6 Å². The van der Waals surface area contributed by atoms with E-state index in [4.69, 9.17) is 16.3 Å². The van der Waals surface area contributed by atoms with Crippen molar-refractivity contribution < 1.29 is 18.3 Å². The number of aromatic nitrogens is 5. The minimum absolute atomic E-state index is 0.0323. The first-order valence-electron chi connectivity index (χ1n) is 12.2. The van der Waals surface area contributed by atoms with Crippen LogP contribution >= 0.6 is 22.9 Å². The summed E-state index contributed by atoms with van der Waals surface area (Å²) in [5, 5.41) is 3.27. The summed E-state index contributed by atoms with van der Waals surface area (Å²) in [6.07, 6.45) is 6.36. The van der Waals surface area contributed by atoms with Crippen LogP contribution in [0.3, 0.4) is 0 Å². The molecule has 3 fully saturated rings. The van der Waals surface area contributed by atoms with Gasteiger partial charge in [-0.05, 0) is 56.6 Å². The van der Waals surface area contributed by atoms with Gasteiger partial charge >= 0.3 is 5.97 Å². The SMILES string of the molecule is CCOC(=O)[C@H]1C2CCC(CC2)[C@@H]1Nc1nc(-c2c[nH]c3ncc(F)nc23)nc(-c2ccc(Cl)s2)c1F. The van der Waals surface area contributed by atoms with Gasteiger partial charge in [0.1, 0.15) is 11.2 Å². The van der Waals surface area contributed by atoms with E-state index in [-0.39, 0.29) is 53.3 Å². The first-order valence-corrected chi connectivity index (χ1v) is 13.4. The van der Waals surface area contributed by atoms with Crippen molar-refractivity contribution in [2.75, 3.05) is 11.9 Å². The van der Waals surface area contributed by atoms with Gasteiger partial charge in [-0.1, -0.05) is 11.6 Å². The molecule has 0 amide bonds. The monoisotopic (exact) mass is 544 g/mol. The minimum atomic E-state index is -0.755. The fourth-order valence-electron chi connectivity index (χ4n) is 5.70. The zero-order chi connectivity index (χ0) is 25.7. The molecule has 0 unspecified atom stereocenters. The van der Waals surface area contributed by atoms with Crippen molar-refractivity contribution in [2.24, 2.45) is 17.8 Å². The Hall–Kier alpha value is -3.18. The third-order valence-corrected chi connectivity index (χ3v) is 8.57. The van der Waals surface area contributed by atoms with Gasteiger partial charge in [-0.3, -0.25) is 4.79 Å². The molecule has 192 valence electrons. The number of esters is 1. The number of carbonyl (C=O) groups is 1. The number of aromatic amines is 1. The molecule has 3 aliphatic rings. The minimum Gasteiger partial charge on any atom is -0.466 e. The Morgan fingerprint density at radius 1 is 1.19 bits per heavy atom. The highest BCUT2D eigenvalue weighted by Gasteiger charge is 2.48. The van der Waals surface area contributed by atoms with Gasteiger partial charge in [-0.25, -0.2) is 24.3 Å². The smallest absolute Gasteiger partial charge is 0.311 e. The predicted octanol–water partition coefficient (Wildman–Crippen LogP) is 5.85. The molecule has 8 nitrogen and oxygen atoms in total. The second-order valence-electron chi connectivity index (χ2n) is 9.38. The van der Waals surface area contributed by atoms with Gasteiger partial charge in [0, 0.05) is 12.2 Å². The number of anilines is 1. The van der Waals surface area contributed by atoms with Crippen molar-refractivity contribution in [1.29, 1.82) is 0 Å². The van der Waals surface area contributed by atoms with Crippen LogP contribution in [0, 0.1) is 29.5 Å². The zero-order valence-electron chi connectivity index (χ0n) is 19.8. The molecule has 3 aliphatic carbocycles. The number of H-pyrrole nitrogens is 1. The molecule has 12 heteroatoms. The average molecular weight is 545 g/mol. The lowest BCUT2D eigenvalue weighted by Crippen LogP contribution is -2.52. The van der Waals surface area contributed by atoms with E-state index in [1.165, 1.54) is 11.3 Å². The molecule has 4 heterocycles. The van der Waals surface area contributed by atoms with Crippen LogP contribution in [-0.4, -0.2) is 43.5 Å². The number of fused-ring (bicyclic) bond motifs is 4. The van der Waals surface area contributed by atoms with Crippen molar-refractivity contribution in [1.82, 2.24) is 24.9 Å². The van der Waals surface area contributed by atoms with Gasteiger partial charge in [0.2, 0.25) is 5.95 Å². The molecule has 0 saturated heterocycles. The predicted molar refractivity (Wildman–Crippen MR) is 136 cm³/mol. The molecule has 37 heavy (non-hydrogen) atoms. The summed E-state index contributed by atoms with van der Waals surface area (Å²) < 4.78 is 35.8. The fourth-order valence-corrected chi connectivity index (χ4v) is 6.73. The van der Waals surface area contributed by atoms with Gasteiger partial charge in [0.25, 0.3) is 0 Å². The standard InChI is InChI=1S/C25H23ClF2N6O2S/c1-2-36-25(35)17-11-3-5-12(6-4-11)19(17)32-23-18(28)21(14-7-8-15(26)37-14)33-22(34-23)13-9-29-24-20(13)31-16(27)10-30-24/h7-12,17,19H,2-6H2,1H3,(H,29,30)(H,32,33,34)/t11?,12?,17-,19-/m0/s1. The van der Waals surface area contributed by atoms with E-state index in [0.717, 1.165) is 31.9 Å². The largest absolute Gasteiger partial charge is 0.466 e. The van der Waals surface area contributed by atoms with Gasteiger partial charge in [0.15, 0.2) is 23.1 Å². The van der Waals surface area contributed by atoms with E-state index in [0.29, 0.717) is 20.4 Å². The molecular formula is C25H23ClF2N6O2S. The highest BCUT2D eigenvalue weighted by Crippen LogP contribution is 2.47. The zero-order valence-corrected chi connectivity index (χ0v) is 21.4. The van der Waals surface area contributed by atoms with E-state index >= 15 is 4.39 Å². The van der Waals surface area contributed by atoms with Gasteiger partial charge in [-0.2, -0.15) is 4.39 Å². The van der Waals surface area contributed by atoms with Crippen LogP contribution in [0.2, 0.25) is 4.34 Å². The third kappa shape index (κ3) is 4.33. The Bertz CT molecular complexity index is 1490. The van der Waals surface area contributed by atoms with Crippen LogP contribution in [0.5, 0.6) is 0 Å². The maximum Gasteiger partial charge on any atom is 0.311 e. The van der Waals surface area contributed by atoms with E-state index < -0.39 is 17.7 Å². The molecule has 7 rings (SSSR count). The molecule has 0 aliphatic heterocycles. The molecule has 4 aromatic heterocycles. The number of nitrogens with zero attached hydrogens (tertiary/aromatic N) is 4. The molecular weight excluding hydrogens is 522 g/mol. The topological polar surface area (TPSA) is 106 Å². The number of ether oxygens (including phenoxy) is 1. The van der Waals surface area contributed by atoms with Crippen LogP contribution in [0.1, 0.15) is 32.6 Å². The van der Waals surface area contributed by atoms with E-state index in [2.05, 4.69) is 30.2 Å². The fraction of sp³-hybridized carbons (Fsp3) is 0.400. The summed E-state index contributed by atoms with van der Waals surface area (Å²) in [7, 11) is 0. The van der Waals surface area contributed by atoms with Gasteiger partial charge in [-0.15, -0.1) is 11.3 Å². The van der Waals surface area contributed by atoms with Crippen LogP contribution < -0.4 is 5.32 Å². The number of hydrogen-bond acceptors (Lipinski definition) is 8. The first kappa shape index (κ1) is 24.2. The van der Waals surface area contributed by atoms with E-state index in [1.54, 1.807) is 25.3 Å². The Morgan fingerprint density at radius 2 is 1.97 bits per heavy atom. The molecule has 0 radical (unpaired) electrons. The summed E-state index contributed by atoms with van der Waals surface area (Å²) in [6, 6.07) is 3.02. The lowest BCUT2D eigenvalue weighted by atomic mass is 9.61. The van der Waals surface area contributed by atoms with Crippen LogP contribution in [0.25, 0.3) is 33.1 Å². The Kier molecular flexibility index (Phi) is 6.28. The number of halogens is 3. The molecule has 4 aromatic rings. The van der Waals surface area contributed by atoms with Crippen molar-refractivity contribution in [2.45, 2.75) is 38.6 Å². The van der Waals surface area contributed by atoms with Crippen LogP contribution in [-0.2, 0) is 9.53 Å². The number of nitrogens with one attached hydrogen (secondary N) is 2. The molecule has 0 aromatic carbocycles. The van der Waals surface area contributed by atoms with E-state index in [1.807, 2.05) is 0 Å². The highest BCUT2D eigenvalue weighted by molar-refractivity contribution is 7.19. The summed E-state index contributed by atoms with van der Waals surface area (Å²) in [6.45, 7) is 2.07. The van der Waals surface area contributed by atoms with Crippen LogP contribution in [0.4, 0.5) is 14.6 Å². The van der Waals surface area contributed by atoms with Crippen molar-refractivity contribution in [3.63, 3.8) is 0 Å². The maximum atomic E-state index is 16.0. The molecule has 2 N–H and O–H groups in total. The Morgan fingerprint density at radius 3 is 2.70 bits per heavy atom. The number of thiophene rings is 1. The third-order valence-electron chi connectivity index (χ3n) is 7.33. The van der Waals surface area contributed by atoms with Gasteiger partial charge < -0.3 is 15.0 Å². The lowest BCUT2D eigenvalue weighted by Gasteiger charge is -2.47. The summed E-state index contributed by atoms with van der Waals surface area (Å²) in [5.74, 6) is -1.59. The summed E-state index contributed by atoms with van der Waals surface area (Å²) in [5.41, 5.74) is 1.01. The van der Waals surface area contributed by atoms with Crippen molar-refractivity contribution in [3.8, 4) is 22.0 Å². The number of rotatable bonds is 6. The molecule has 2 bridgehead atoms. The number of hydrogen-bond donors (Lipinski definition) is 2. The second kappa shape index (κ2) is 9.60. The lowest BCUT2D eigenvalue weighted by molar-refractivity contribution is -0.154. The Balaban J connectivity index is 1.47. The highest BCUT2D eigenvalue weighted by atomic mass is 35.5. The average Bonchev–Trinajstić information content (AvgIpc) is 3.52. The van der Waals surface area contributed by atoms with E-state index in [9.17, 15) is 9.18 Å². The molecule has 3 saturated carbocycles. The molecule has 0 spiro atoms. The Labute approximate surface area is 219 Å². The number of carbonyl (C=O) groups excluding carboxylic acids is 1. The van der Waals surface area contributed by atoms with Crippen molar-refractivity contribution >= 4 is 45.9 Å². The second-order valence-corrected chi connectivity index (χ2v) is 11.1. The first-order chi connectivity index (χ1) is 17.9. The van der Waals surface area contributed by atoms with Crippen LogP contribution in [0.15, 0.2) is 24.5 Å². The summed E-state index contributed by atoms with van der Waals surface area (Å²) in [4.78, 5) is 33.3. The quantitative estimate of drug-likeness (QED) is 0.293. The normalized spacial score (nSPS) is 22.9. The molecule has 2 atom stereocenters.